The van der Waals surface area contributed by atoms with Crippen molar-refractivity contribution in [2.75, 3.05) is 13.1 Å². The van der Waals surface area contributed by atoms with Crippen LogP contribution in [0.15, 0.2) is 16.8 Å². The van der Waals surface area contributed by atoms with E-state index >= 15 is 0 Å². The van der Waals surface area contributed by atoms with Crippen LogP contribution in [0, 0.1) is 5.92 Å². The van der Waals surface area contributed by atoms with Crippen LogP contribution in [0.2, 0.25) is 0 Å². The van der Waals surface area contributed by atoms with Crippen LogP contribution in [-0.4, -0.2) is 35.0 Å². The Bertz CT molecular complexity index is 374. The predicted molar refractivity (Wildman–Crippen MR) is 56.0 cm³/mol. The fraction of sp³-hybridized carbons (Fsp3) is 0.400. The first kappa shape index (κ1) is 10.2. The van der Waals surface area contributed by atoms with E-state index in [-0.39, 0.29) is 5.91 Å². The molecule has 1 atom stereocenters. The summed E-state index contributed by atoms with van der Waals surface area (Å²) >= 11 is 1.47. The molecule has 1 amide bonds. The monoisotopic (exact) mass is 225 g/mol. The van der Waals surface area contributed by atoms with Crippen molar-refractivity contribution in [1.82, 2.24) is 4.90 Å². The maximum atomic E-state index is 11.8. The molecule has 0 unspecified atom stereocenters. The molecule has 0 radical (unpaired) electrons. The van der Waals surface area contributed by atoms with Crippen molar-refractivity contribution in [3.8, 4) is 0 Å². The van der Waals surface area contributed by atoms with Crippen molar-refractivity contribution in [1.29, 1.82) is 0 Å². The number of rotatable bonds is 2. The summed E-state index contributed by atoms with van der Waals surface area (Å²) in [6, 6.07) is 1.76. The van der Waals surface area contributed by atoms with Crippen molar-refractivity contribution >= 4 is 23.2 Å². The molecule has 4 nitrogen and oxygen atoms in total. The average Bonchev–Trinajstić information content (AvgIpc) is 2.88. The zero-order valence-electron chi connectivity index (χ0n) is 8.05. The normalized spacial score (nSPS) is 20.5. The number of nitrogens with zero attached hydrogens (tertiary/aromatic N) is 1. The smallest absolute Gasteiger partial charge is 0.308 e. The highest BCUT2D eigenvalue weighted by Crippen LogP contribution is 2.19. The van der Waals surface area contributed by atoms with Crippen LogP contribution in [0.5, 0.6) is 0 Å². The van der Waals surface area contributed by atoms with Gasteiger partial charge in [0.15, 0.2) is 0 Å². The second-order valence-corrected chi connectivity index (χ2v) is 4.37. The number of aliphatic carboxylic acids is 1. The lowest BCUT2D eigenvalue weighted by molar-refractivity contribution is -0.141. The minimum absolute atomic E-state index is 0.0556. The Morgan fingerprint density at radius 3 is 2.87 bits per heavy atom. The third-order valence-electron chi connectivity index (χ3n) is 2.59. The van der Waals surface area contributed by atoms with Gasteiger partial charge in [-0.15, -0.1) is 0 Å². The highest BCUT2D eigenvalue weighted by Gasteiger charge is 2.31. The zero-order chi connectivity index (χ0) is 10.8. The number of amides is 1. The van der Waals surface area contributed by atoms with Gasteiger partial charge in [-0.3, -0.25) is 9.59 Å². The molecule has 0 saturated carbocycles. The summed E-state index contributed by atoms with van der Waals surface area (Å²) in [4.78, 5) is 24.1. The van der Waals surface area contributed by atoms with E-state index in [1.165, 1.54) is 11.3 Å². The molecule has 5 heteroatoms. The van der Waals surface area contributed by atoms with Crippen LogP contribution in [-0.2, 0) is 4.79 Å². The van der Waals surface area contributed by atoms with Crippen LogP contribution in [0.1, 0.15) is 16.8 Å². The SMILES string of the molecule is O=C(O)[C@H]1CCN(C(=O)c2ccsc2)C1. The first-order valence-electron chi connectivity index (χ1n) is 4.73. The van der Waals surface area contributed by atoms with E-state index in [9.17, 15) is 9.59 Å². The second-order valence-electron chi connectivity index (χ2n) is 3.59. The molecule has 2 heterocycles. The molecule has 0 aliphatic carbocycles. The Hall–Kier alpha value is -1.36. The number of carbonyl (C=O) groups excluding carboxylic acids is 1. The van der Waals surface area contributed by atoms with Gasteiger partial charge in [-0.2, -0.15) is 11.3 Å². The molecule has 1 aliphatic rings. The van der Waals surface area contributed by atoms with Crippen LogP contribution in [0.4, 0.5) is 0 Å². The van der Waals surface area contributed by atoms with Gasteiger partial charge in [-0.1, -0.05) is 0 Å². The molecule has 0 aromatic carbocycles. The second kappa shape index (κ2) is 4.02. The van der Waals surface area contributed by atoms with Crippen molar-refractivity contribution < 1.29 is 14.7 Å². The summed E-state index contributed by atoms with van der Waals surface area (Å²) < 4.78 is 0. The van der Waals surface area contributed by atoms with Gasteiger partial charge in [-0.05, 0) is 17.9 Å². The van der Waals surface area contributed by atoms with Gasteiger partial charge in [0.1, 0.15) is 0 Å². The van der Waals surface area contributed by atoms with Gasteiger partial charge in [-0.25, -0.2) is 0 Å². The maximum absolute atomic E-state index is 11.8. The van der Waals surface area contributed by atoms with Crippen molar-refractivity contribution in [3.63, 3.8) is 0 Å². The van der Waals surface area contributed by atoms with Gasteiger partial charge in [0.2, 0.25) is 0 Å². The van der Waals surface area contributed by atoms with Crippen molar-refractivity contribution in [3.05, 3.63) is 22.4 Å². The molecule has 15 heavy (non-hydrogen) atoms. The fourth-order valence-corrected chi connectivity index (χ4v) is 2.34. The summed E-state index contributed by atoms with van der Waals surface area (Å²) in [6.45, 7) is 0.885. The van der Waals surface area contributed by atoms with Gasteiger partial charge >= 0.3 is 5.97 Å². The number of thiophene rings is 1. The Morgan fingerprint density at radius 2 is 2.33 bits per heavy atom. The number of hydrogen-bond acceptors (Lipinski definition) is 3. The number of likely N-dealkylation sites (tertiary alicyclic amines) is 1. The highest BCUT2D eigenvalue weighted by molar-refractivity contribution is 7.08. The largest absolute Gasteiger partial charge is 0.481 e. The lowest BCUT2D eigenvalue weighted by Crippen LogP contribution is -2.29. The first-order valence-corrected chi connectivity index (χ1v) is 5.67. The molecule has 2 rings (SSSR count). The van der Waals surface area contributed by atoms with Crippen LogP contribution in [0.3, 0.4) is 0 Å². The Morgan fingerprint density at radius 1 is 1.53 bits per heavy atom. The Kier molecular flexibility index (Phi) is 2.73. The van der Waals surface area contributed by atoms with E-state index < -0.39 is 11.9 Å². The minimum atomic E-state index is -0.810. The molecule has 1 saturated heterocycles. The number of hydrogen-bond donors (Lipinski definition) is 1. The molecular weight excluding hydrogens is 214 g/mol. The number of carbonyl (C=O) groups is 2. The van der Waals surface area contributed by atoms with E-state index in [1.54, 1.807) is 16.3 Å². The summed E-state index contributed by atoms with van der Waals surface area (Å²) in [5, 5.41) is 12.4. The molecule has 80 valence electrons. The van der Waals surface area contributed by atoms with Gasteiger partial charge < -0.3 is 10.0 Å². The summed E-state index contributed by atoms with van der Waals surface area (Å²) in [5.74, 6) is -1.26. The van der Waals surface area contributed by atoms with E-state index in [1.807, 2.05) is 5.38 Å². The van der Waals surface area contributed by atoms with Gasteiger partial charge in [0.25, 0.3) is 5.91 Å². The lowest BCUT2D eigenvalue weighted by Gasteiger charge is -2.14. The van der Waals surface area contributed by atoms with E-state index in [2.05, 4.69) is 0 Å². The van der Waals surface area contributed by atoms with Crippen LogP contribution >= 0.6 is 11.3 Å². The summed E-state index contributed by atoms with van der Waals surface area (Å²) in [6.07, 6.45) is 0.561. The quantitative estimate of drug-likeness (QED) is 0.825. The Labute approximate surface area is 91.1 Å². The molecular formula is C10H11NO3S. The van der Waals surface area contributed by atoms with Crippen molar-refractivity contribution in [2.45, 2.75) is 6.42 Å². The fourth-order valence-electron chi connectivity index (χ4n) is 1.72. The zero-order valence-corrected chi connectivity index (χ0v) is 8.87. The topological polar surface area (TPSA) is 57.6 Å². The summed E-state index contributed by atoms with van der Waals surface area (Å²) in [5.41, 5.74) is 0.658. The highest BCUT2D eigenvalue weighted by atomic mass is 32.1. The summed E-state index contributed by atoms with van der Waals surface area (Å²) in [7, 11) is 0. The lowest BCUT2D eigenvalue weighted by atomic mass is 10.1. The standard InChI is InChI=1S/C10H11NO3S/c12-9(8-2-4-15-6-8)11-3-1-7(5-11)10(13)14/h2,4,6-7H,1,3,5H2,(H,13,14)/t7-/m0/s1. The first-order chi connectivity index (χ1) is 7.18. The number of carboxylic acid groups (broad SMARTS) is 1. The third kappa shape index (κ3) is 2.02. The van der Waals surface area contributed by atoms with Crippen molar-refractivity contribution in [2.24, 2.45) is 5.92 Å². The average molecular weight is 225 g/mol. The molecule has 0 bridgehead atoms. The third-order valence-corrected chi connectivity index (χ3v) is 3.28. The molecule has 1 fully saturated rings. The molecule has 0 spiro atoms. The number of carboxylic acids is 1. The van der Waals surface area contributed by atoms with Crippen LogP contribution < -0.4 is 0 Å². The van der Waals surface area contributed by atoms with Gasteiger partial charge in [0.05, 0.1) is 11.5 Å². The predicted octanol–water partition coefficient (Wildman–Crippen LogP) is 1.29. The molecule has 1 aromatic rings. The van der Waals surface area contributed by atoms with Crippen LogP contribution in [0.25, 0.3) is 0 Å². The van der Waals surface area contributed by atoms with E-state index in [0.717, 1.165) is 0 Å². The Balaban J connectivity index is 2.02. The molecule has 1 aromatic heterocycles. The molecule has 1 N–H and O–H groups in total. The van der Waals surface area contributed by atoms with Gasteiger partial charge in [0, 0.05) is 18.5 Å². The van der Waals surface area contributed by atoms with E-state index in [4.69, 9.17) is 5.11 Å². The van der Waals surface area contributed by atoms with E-state index in [0.29, 0.717) is 25.1 Å². The maximum Gasteiger partial charge on any atom is 0.308 e. The minimum Gasteiger partial charge on any atom is -0.481 e. The molecule has 1 aliphatic heterocycles.